The minimum Gasteiger partial charge on any atom is -0.494 e. The Balaban J connectivity index is 1.47. The fourth-order valence-corrected chi connectivity index (χ4v) is 4.40. The first kappa shape index (κ1) is 17.4. The van der Waals surface area contributed by atoms with Crippen molar-refractivity contribution >= 4 is 16.8 Å². The van der Waals surface area contributed by atoms with E-state index in [0.29, 0.717) is 19.1 Å². The molecule has 2 fully saturated rings. The van der Waals surface area contributed by atoms with Crippen LogP contribution in [0.15, 0.2) is 24.4 Å². The van der Waals surface area contributed by atoms with Gasteiger partial charge in [-0.05, 0) is 68.7 Å². The third-order valence-electron chi connectivity index (χ3n) is 5.68. The normalized spacial score (nSPS) is 26.1. The van der Waals surface area contributed by atoms with Crippen molar-refractivity contribution in [2.45, 2.75) is 63.5 Å². The average molecular weight is 356 g/mol. The van der Waals surface area contributed by atoms with Gasteiger partial charge in [0.25, 0.3) is 0 Å². The summed E-state index contributed by atoms with van der Waals surface area (Å²) in [5.74, 6) is 1.45. The molecule has 1 aromatic heterocycles. The first-order valence-electron chi connectivity index (χ1n) is 9.90. The second-order valence-corrected chi connectivity index (χ2v) is 7.46. The first-order valence-corrected chi connectivity index (χ1v) is 9.90. The lowest BCUT2D eigenvalue weighted by Crippen LogP contribution is -2.43. The molecular formula is C21H28N2O3. The summed E-state index contributed by atoms with van der Waals surface area (Å²) in [6, 6.07) is 6.48. The molecule has 26 heavy (non-hydrogen) atoms. The van der Waals surface area contributed by atoms with Gasteiger partial charge in [0.05, 0.1) is 6.61 Å². The van der Waals surface area contributed by atoms with E-state index in [0.717, 1.165) is 49.8 Å². The fraction of sp³-hybridized carbons (Fsp3) is 0.571. The van der Waals surface area contributed by atoms with Gasteiger partial charge in [-0.15, -0.1) is 0 Å². The predicted octanol–water partition coefficient (Wildman–Crippen LogP) is 3.89. The highest BCUT2D eigenvalue weighted by Crippen LogP contribution is 2.37. The maximum absolute atomic E-state index is 12.4. The van der Waals surface area contributed by atoms with Gasteiger partial charge < -0.3 is 19.8 Å². The van der Waals surface area contributed by atoms with E-state index in [-0.39, 0.29) is 18.1 Å². The Hall–Kier alpha value is -2.01. The van der Waals surface area contributed by atoms with Crippen LogP contribution in [0.2, 0.25) is 0 Å². The molecule has 0 radical (unpaired) electrons. The highest BCUT2D eigenvalue weighted by molar-refractivity contribution is 5.85. The molecule has 0 bridgehead atoms. The van der Waals surface area contributed by atoms with E-state index in [1.165, 1.54) is 10.9 Å². The zero-order valence-electron chi connectivity index (χ0n) is 15.4. The number of aromatic nitrogens is 1. The van der Waals surface area contributed by atoms with E-state index in [9.17, 15) is 4.79 Å². The molecule has 1 aliphatic heterocycles. The topological polar surface area (TPSA) is 63.3 Å². The lowest BCUT2D eigenvalue weighted by atomic mass is 9.81. The van der Waals surface area contributed by atoms with Gasteiger partial charge in [-0.3, -0.25) is 4.79 Å². The summed E-state index contributed by atoms with van der Waals surface area (Å²) in [7, 11) is 0. The highest BCUT2D eigenvalue weighted by Gasteiger charge is 2.29. The summed E-state index contributed by atoms with van der Waals surface area (Å²) in [6.07, 6.45) is 8.09. The summed E-state index contributed by atoms with van der Waals surface area (Å²) in [4.78, 5) is 15.8. The SMILES string of the molecule is CCOc1ccc2[nH]cc([C@@H]3CCC[C@H](NC(=O)[C@@H]4CCCO4)C3)c2c1. The van der Waals surface area contributed by atoms with Gasteiger partial charge in [-0.25, -0.2) is 0 Å². The molecule has 1 saturated heterocycles. The third-order valence-corrected chi connectivity index (χ3v) is 5.68. The van der Waals surface area contributed by atoms with Gasteiger partial charge in [0.1, 0.15) is 11.9 Å². The van der Waals surface area contributed by atoms with Crippen LogP contribution >= 0.6 is 0 Å². The maximum atomic E-state index is 12.4. The number of nitrogens with one attached hydrogen (secondary N) is 2. The molecule has 3 atom stereocenters. The number of H-pyrrole nitrogens is 1. The molecular weight excluding hydrogens is 328 g/mol. The number of fused-ring (bicyclic) bond motifs is 1. The van der Waals surface area contributed by atoms with Crippen molar-refractivity contribution in [1.29, 1.82) is 0 Å². The van der Waals surface area contributed by atoms with Crippen molar-refractivity contribution < 1.29 is 14.3 Å². The number of amides is 1. The number of hydrogen-bond acceptors (Lipinski definition) is 3. The predicted molar refractivity (Wildman–Crippen MR) is 102 cm³/mol. The van der Waals surface area contributed by atoms with Gasteiger partial charge >= 0.3 is 0 Å². The number of carbonyl (C=O) groups excluding carboxylic acids is 1. The number of carbonyl (C=O) groups is 1. The van der Waals surface area contributed by atoms with Gasteiger partial charge in [0, 0.05) is 29.7 Å². The summed E-state index contributed by atoms with van der Waals surface area (Å²) < 4.78 is 11.2. The van der Waals surface area contributed by atoms with E-state index in [4.69, 9.17) is 9.47 Å². The third kappa shape index (κ3) is 3.58. The molecule has 4 rings (SSSR count). The van der Waals surface area contributed by atoms with Crippen LogP contribution in [0.25, 0.3) is 10.9 Å². The average Bonchev–Trinajstić information content (AvgIpc) is 3.32. The fourth-order valence-electron chi connectivity index (χ4n) is 4.40. The van der Waals surface area contributed by atoms with Crippen molar-refractivity contribution in [3.8, 4) is 5.75 Å². The summed E-state index contributed by atoms with van der Waals surface area (Å²) in [5, 5.41) is 4.48. The highest BCUT2D eigenvalue weighted by atomic mass is 16.5. The van der Waals surface area contributed by atoms with E-state index < -0.39 is 0 Å². The summed E-state index contributed by atoms with van der Waals surface area (Å²) in [5.41, 5.74) is 2.49. The Kier molecular flexibility index (Phi) is 5.16. The van der Waals surface area contributed by atoms with Crippen molar-refractivity contribution in [1.82, 2.24) is 10.3 Å². The van der Waals surface area contributed by atoms with Gasteiger partial charge in [0.2, 0.25) is 5.91 Å². The Labute approximate surface area is 154 Å². The quantitative estimate of drug-likeness (QED) is 0.854. The first-order chi connectivity index (χ1) is 12.7. The molecule has 1 aromatic carbocycles. The van der Waals surface area contributed by atoms with Crippen LogP contribution in [0.3, 0.4) is 0 Å². The Morgan fingerprint density at radius 1 is 1.31 bits per heavy atom. The number of benzene rings is 1. The zero-order chi connectivity index (χ0) is 17.9. The molecule has 2 heterocycles. The Bertz CT molecular complexity index is 764. The number of rotatable bonds is 5. The molecule has 5 heteroatoms. The molecule has 2 N–H and O–H groups in total. The molecule has 2 aliphatic rings. The van der Waals surface area contributed by atoms with Crippen molar-refractivity contribution in [3.05, 3.63) is 30.0 Å². The Morgan fingerprint density at radius 2 is 2.23 bits per heavy atom. The second kappa shape index (κ2) is 7.70. The lowest BCUT2D eigenvalue weighted by Gasteiger charge is -2.30. The van der Waals surface area contributed by atoms with Crippen LogP contribution in [0.4, 0.5) is 0 Å². The molecule has 140 valence electrons. The smallest absolute Gasteiger partial charge is 0.249 e. The zero-order valence-corrected chi connectivity index (χ0v) is 15.4. The largest absolute Gasteiger partial charge is 0.494 e. The van der Waals surface area contributed by atoms with Crippen LogP contribution in [-0.2, 0) is 9.53 Å². The second-order valence-electron chi connectivity index (χ2n) is 7.46. The number of aromatic amines is 1. The van der Waals surface area contributed by atoms with Crippen LogP contribution in [0, 0.1) is 0 Å². The molecule has 1 saturated carbocycles. The molecule has 0 unspecified atom stereocenters. The van der Waals surface area contributed by atoms with E-state index in [1.54, 1.807) is 0 Å². The van der Waals surface area contributed by atoms with Crippen molar-refractivity contribution in [2.24, 2.45) is 0 Å². The lowest BCUT2D eigenvalue weighted by molar-refractivity contribution is -0.131. The number of hydrogen-bond donors (Lipinski definition) is 2. The summed E-state index contributed by atoms with van der Waals surface area (Å²) >= 11 is 0. The van der Waals surface area contributed by atoms with E-state index >= 15 is 0 Å². The van der Waals surface area contributed by atoms with E-state index in [2.05, 4.69) is 28.6 Å². The van der Waals surface area contributed by atoms with E-state index in [1.807, 2.05) is 13.0 Å². The molecule has 1 amide bonds. The van der Waals surface area contributed by atoms with Gasteiger partial charge in [-0.1, -0.05) is 6.42 Å². The van der Waals surface area contributed by atoms with Crippen molar-refractivity contribution in [3.63, 3.8) is 0 Å². The minimum absolute atomic E-state index is 0.0747. The standard InChI is InChI=1S/C21H28N2O3/c1-2-25-16-8-9-19-17(12-16)18(13-22-19)14-5-3-6-15(11-14)23-21(24)20-7-4-10-26-20/h8-9,12-15,20,22H,2-7,10-11H2,1H3,(H,23,24)/t14-,15+,20+/m1/s1. The van der Waals surface area contributed by atoms with Crippen LogP contribution in [0.5, 0.6) is 5.75 Å². The van der Waals surface area contributed by atoms with Crippen LogP contribution < -0.4 is 10.1 Å². The van der Waals surface area contributed by atoms with Gasteiger partial charge in [-0.2, -0.15) is 0 Å². The minimum atomic E-state index is -0.239. The monoisotopic (exact) mass is 356 g/mol. The molecule has 2 aromatic rings. The van der Waals surface area contributed by atoms with Crippen LogP contribution in [0.1, 0.15) is 56.9 Å². The maximum Gasteiger partial charge on any atom is 0.249 e. The van der Waals surface area contributed by atoms with Crippen LogP contribution in [-0.4, -0.2) is 36.3 Å². The molecule has 0 spiro atoms. The van der Waals surface area contributed by atoms with Gasteiger partial charge in [0.15, 0.2) is 0 Å². The Morgan fingerprint density at radius 3 is 3.04 bits per heavy atom. The number of ether oxygens (including phenoxy) is 2. The summed E-state index contributed by atoms with van der Waals surface area (Å²) in [6.45, 7) is 3.39. The molecule has 5 nitrogen and oxygen atoms in total. The van der Waals surface area contributed by atoms with Crippen molar-refractivity contribution in [2.75, 3.05) is 13.2 Å². The molecule has 1 aliphatic carbocycles.